The van der Waals surface area contributed by atoms with Crippen molar-refractivity contribution in [2.24, 2.45) is 0 Å². The van der Waals surface area contributed by atoms with Crippen LogP contribution in [0.15, 0.2) is 72.8 Å². The maximum atomic E-state index is 14.0. The van der Waals surface area contributed by atoms with Crippen molar-refractivity contribution in [2.75, 3.05) is 63.2 Å². The van der Waals surface area contributed by atoms with Gasteiger partial charge in [-0.2, -0.15) is 0 Å². The molecule has 204 valence electrons. The fourth-order valence-corrected chi connectivity index (χ4v) is 4.58. The molecule has 3 amide bonds. The molecule has 1 aliphatic heterocycles. The fourth-order valence-electron chi connectivity index (χ4n) is 4.36. The van der Waals surface area contributed by atoms with Gasteiger partial charge in [0.1, 0.15) is 12.4 Å². The average Bonchev–Trinajstić information content (AvgIpc) is 2.95. The van der Waals surface area contributed by atoms with E-state index in [4.69, 9.17) is 16.3 Å². The number of rotatable bonds is 9. The number of hydrogen-bond donors (Lipinski definition) is 1. The number of piperazine rings is 1. The van der Waals surface area contributed by atoms with E-state index in [1.807, 2.05) is 12.1 Å². The van der Waals surface area contributed by atoms with Crippen LogP contribution in [-0.2, 0) is 9.53 Å². The van der Waals surface area contributed by atoms with Gasteiger partial charge in [0.05, 0.1) is 22.8 Å². The Bertz CT molecular complexity index is 1310. The molecule has 0 radical (unpaired) electrons. The first kappa shape index (κ1) is 28.1. The molecule has 3 aromatic carbocycles. The Morgan fingerprint density at radius 3 is 2.21 bits per heavy atom. The third-order valence-corrected chi connectivity index (χ3v) is 6.81. The van der Waals surface area contributed by atoms with E-state index in [0.717, 1.165) is 5.69 Å². The van der Waals surface area contributed by atoms with E-state index in [9.17, 15) is 18.8 Å². The standard InChI is InChI=1S/C29H30ClFN4O4/c1-39-19-18-35(28(37)23-6-2-4-8-25(23)30)20-27(36)32-21-10-12-22(13-11-21)33-14-16-34(17-15-33)29(38)24-7-3-5-9-26(24)31/h2-13H,14-20H2,1H3,(H,32,36). The highest BCUT2D eigenvalue weighted by Crippen LogP contribution is 2.21. The minimum atomic E-state index is -0.516. The molecule has 3 aromatic rings. The van der Waals surface area contributed by atoms with E-state index in [0.29, 0.717) is 42.5 Å². The highest BCUT2D eigenvalue weighted by Gasteiger charge is 2.24. The van der Waals surface area contributed by atoms with Gasteiger partial charge in [-0.05, 0) is 48.5 Å². The molecular formula is C29H30ClFN4O4. The molecule has 0 bridgehead atoms. The lowest BCUT2D eigenvalue weighted by molar-refractivity contribution is -0.117. The first-order chi connectivity index (χ1) is 18.9. The number of amides is 3. The number of benzene rings is 3. The van der Waals surface area contributed by atoms with Gasteiger partial charge in [0.25, 0.3) is 11.8 Å². The van der Waals surface area contributed by atoms with Crippen molar-refractivity contribution in [3.63, 3.8) is 0 Å². The zero-order valence-electron chi connectivity index (χ0n) is 21.6. The zero-order valence-corrected chi connectivity index (χ0v) is 22.4. The zero-order chi connectivity index (χ0) is 27.8. The fraction of sp³-hybridized carbons (Fsp3) is 0.276. The maximum absolute atomic E-state index is 14.0. The number of carbonyl (C=O) groups is 3. The first-order valence-electron chi connectivity index (χ1n) is 12.6. The Kier molecular flexibility index (Phi) is 9.51. The molecule has 0 unspecified atom stereocenters. The van der Waals surface area contributed by atoms with E-state index >= 15 is 0 Å². The molecule has 0 atom stereocenters. The van der Waals surface area contributed by atoms with Gasteiger partial charge in [-0.25, -0.2) is 4.39 Å². The second kappa shape index (κ2) is 13.2. The van der Waals surface area contributed by atoms with E-state index in [1.54, 1.807) is 53.4 Å². The summed E-state index contributed by atoms with van der Waals surface area (Å²) in [5, 5.41) is 3.15. The molecule has 0 spiro atoms. The van der Waals surface area contributed by atoms with Crippen molar-refractivity contribution in [1.82, 2.24) is 9.80 Å². The normalized spacial score (nSPS) is 13.2. The number of carbonyl (C=O) groups excluding carboxylic acids is 3. The molecule has 1 N–H and O–H groups in total. The number of nitrogens with zero attached hydrogens (tertiary/aromatic N) is 3. The Hall–Kier alpha value is -3.95. The highest BCUT2D eigenvalue weighted by atomic mass is 35.5. The topological polar surface area (TPSA) is 82.2 Å². The van der Waals surface area contributed by atoms with Crippen LogP contribution in [0.5, 0.6) is 0 Å². The molecule has 0 aliphatic carbocycles. The Labute approximate surface area is 231 Å². The van der Waals surface area contributed by atoms with Crippen LogP contribution in [-0.4, -0.2) is 80.5 Å². The minimum absolute atomic E-state index is 0.0837. The van der Waals surface area contributed by atoms with Crippen LogP contribution in [0.2, 0.25) is 5.02 Å². The molecule has 1 fully saturated rings. The summed E-state index contributed by atoms with van der Waals surface area (Å²) >= 11 is 6.18. The van der Waals surface area contributed by atoms with E-state index in [2.05, 4.69) is 10.2 Å². The lowest BCUT2D eigenvalue weighted by atomic mass is 10.1. The number of halogens is 2. The Morgan fingerprint density at radius 2 is 1.56 bits per heavy atom. The van der Waals surface area contributed by atoms with Gasteiger partial charge < -0.3 is 24.8 Å². The van der Waals surface area contributed by atoms with Gasteiger partial charge >= 0.3 is 0 Å². The van der Waals surface area contributed by atoms with Crippen LogP contribution < -0.4 is 10.2 Å². The summed E-state index contributed by atoms with van der Waals surface area (Å²) < 4.78 is 19.1. The summed E-state index contributed by atoms with van der Waals surface area (Å²) in [6.07, 6.45) is 0. The smallest absolute Gasteiger partial charge is 0.256 e. The SMILES string of the molecule is COCCN(CC(=O)Nc1ccc(N2CCN(C(=O)c3ccccc3F)CC2)cc1)C(=O)c1ccccc1Cl. The molecular weight excluding hydrogens is 523 g/mol. The van der Waals surface area contributed by atoms with Gasteiger partial charge in [0.2, 0.25) is 5.91 Å². The van der Waals surface area contributed by atoms with Crippen LogP contribution >= 0.6 is 11.6 Å². The monoisotopic (exact) mass is 552 g/mol. The van der Waals surface area contributed by atoms with Crippen molar-refractivity contribution in [3.05, 3.63) is 94.8 Å². The third kappa shape index (κ3) is 7.13. The quantitative estimate of drug-likeness (QED) is 0.431. The summed E-state index contributed by atoms with van der Waals surface area (Å²) in [7, 11) is 1.53. The summed E-state index contributed by atoms with van der Waals surface area (Å²) in [5.74, 6) is -1.52. The number of ether oxygens (including phenoxy) is 1. The Morgan fingerprint density at radius 1 is 0.923 bits per heavy atom. The number of nitrogens with one attached hydrogen (secondary N) is 1. The Balaban J connectivity index is 1.32. The second-order valence-corrected chi connectivity index (χ2v) is 9.46. The highest BCUT2D eigenvalue weighted by molar-refractivity contribution is 6.33. The van der Waals surface area contributed by atoms with E-state index in [-0.39, 0.29) is 43.0 Å². The van der Waals surface area contributed by atoms with Crippen molar-refractivity contribution in [1.29, 1.82) is 0 Å². The molecule has 39 heavy (non-hydrogen) atoms. The van der Waals surface area contributed by atoms with Gasteiger partial charge in [-0.1, -0.05) is 35.9 Å². The van der Waals surface area contributed by atoms with Crippen LogP contribution in [0.25, 0.3) is 0 Å². The van der Waals surface area contributed by atoms with Crippen molar-refractivity contribution in [3.8, 4) is 0 Å². The first-order valence-corrected chi connectivity index (χ1v) is 13.0. The van der Waals surface area contributed by atoms with E-state index in [1.165, 1.54) is 24.1 Å². The second-order valence-electron chi connectivity index (χ2n) is 9.05. The summed E-state index contributed by atoms with van der Waals surface area (Å²) in [4.78, 5) is 43.6. The maximum Gasteiger partial charge on any atom is 0.256 e. The molecule has 0 saturated carbocycles. The summed E-state index contributed by atoms with van der Waals surface area (Å²) in [6, 6.07) is 20.1. The van der Waals surface area contributed by atoms with Gasteiger partial charge in [-0.3, -0.25) is 14.4 Å². The summed E-state index contributed by atoms with van der Waals surface area (Å²) in [6.45, 7) is 2.50. The third-order valence-electron chi connectivity index (χ3n) is 6.48. The van der Waals surface area contributed by atoms with Crippen molar-refractivity contribution in [2.45, 2.75) is 0 Å². The average molecular weight is 553 g/mol. The molecule has 1 saturated heterocycles. The number of hydrogen-bond acceptors (Lipinski definition) is 5. The van der Waals surface area contributed by atoms with Crippen molar-refractivity contribution >= 4 is 40.7 Å². The van der Waals surface area contributed by atoms with E-state index < -0.39 is 5.82 Å². The van der Waals surface area contributed by atoms with Crippen LogP contribution in [0.3, 0.4) is 0 Å². The summed E-state index contributed by atoms with van der Waals surface area (Å²) in [5.41, 5.74) is 1.94. The molecule has 8 nitrogen and oxygen atoms in total. The largest absolute Gasteiger partial charge is 0.383 e. The number of anilines is 2. The van der Waals surface area contributed by atoms with Gasteiger partial charge in [0, 0.05) is 51.2 Å². The molecule has 0 aromatic heterocycles. The molecule has 10 heteroatoms. The van der Waals surface area contributed by atoms with Crippen LogP contribution in [0, 0.1) is 5.82 Å². The van der Waals surface area contributed by atoms with Crippen molar-refractivity contribution < 1.29 is 23.5 Å². The van der Waals surface area contributed by atoms with Gasteiger partial charge in [-0.15, -0.1) is 0 Å². The lowest BCUT2D eigenvalue weighted by Crippen LogP contribution is -2.49. The minimum Gasteiger partial charge on any atom is -0.383 e. The van der Waals surface area contributed by atoms with Gasteiger partial charge in [0.15, 0.2) is 0 Å². The van der Waals surface area contributed by atoms with Crippen LogP contribution in [0.4, 0.5) is 15.8 Å². The molecule has 1 aliphatic rings. The predicted molar refractivity (Wildman–Crippen MR) is 149 cm³/mol. The predicted octanol–water partition coefficient (Wildman–Crippen LogP) is 4.17. The molecule has 1 heterocycles. The van der Waals surface area contributed by atoms with Crippen LogP contribution in [0.1, 0.15) is 20.7 Å². The number of methoxy groups -OCH3 is 1. The lowest BCUT2D eigenvalue weighted by Gasteiger charge is -2.36. The molecule has 4 rings (SSSR count).